The fourth-order valence-electron chi connectivity index (χ4n) is 4.43. The number of carbonyl (C=O) groups excluding carboxylic acids is 1. The van der Waals surface area contributed by atoms with Gasteiger partial charge in [-0.1, -0.05) is 6.07 Å². The fourth-order valence-corrected chi connectivity index (χ4v) is 4.43. The van der Waals surface area contributed by atoms with Crippen LogP contribution >= 0.6 is 0 Å². The van der Waals surface area contributed by atoms with Crippen LogP contribution in [0, 0.1) is 11.3 Å². The molecule has 1 aromatic heterocycles. The number of aromatic nitrogens is 1. The van der Waals surface area contributed by atoms with E-state index < -0.39 is 0 Å². The lowest BCUT2D eigenvalue weighted by molar-refractivity contribution is -0.135. The van der Waals surface area contributed by atoms with Gasteiger partial charge in [0.15, 0.2) is 0 Å². The van der Waals surface area contributed by atoms with Crippen LogP contribution in [0.5, 0.6) is 0 Å². The van der Waals surface area contributed by atoms with Gasteiger partial charge >= 0.3 is 0 Å². The Morgan fingerprint density at radius 3 is 2.79 bits per heavy atom. The molecule has 1 spiro atoms. The highest BCUT2D eigenvalue weighted by Gasteiger charge is 2.43. The molecule has 3 aliphatic heterocycles. The molecule has 1 aromatic rings. The van der Waals surface area contributed by atoms with E-state index in [1.807, 2.05) is 12.3 Å². The molecule has 5 heteroatoms. The maximum atomic E-state index is 12.6. The number of pyridine rings is 1. The summed E-state index contributed by atoms with van der Waals surface area (Å²) in [5, 5.41) is 0. The van der Waals surface area contributed by atoms with Gasteiger partial charge in [-0.15, -0.1) is 0 Å². The van der Waals surface area contributed by atoms with Crippen molar-refractivity contribution in [1.29, 1.82) is 0 Å². The Balaban J connectivity index is 1.30. The summed E-state index contributed by atoms with van der Waals surface area (Å²) in [7, 11) is 0. The van der Waals surface area contributed by atoms with Crippen LogP contribution in [0.1, 0.15) is 31.4 Å². The molecule has 3 saturated heterocycles. The van der Waals surface area contributed by atoms with Crippen LogP contribution in [0.15, 0.2) is 24.4 Å². The summed E-state index contributed by atoms with van der Waals surface area (Å²) in [5.41, 5.74) is 1.51. The number of amides is 1. The van der Waals surface area contributed by atoms with Gasteiger partial charge in [-0.3, -0.25) is 14.7 Å². The third-order valence-electron chi connectivity index (χ3n) is 6.06. The predicted octanol–water partition coefficient (Wildman–Crippen LogP) is 1.93. The molecule has 24 heavy (non-hydrogen) atoms. The van der Waals surface area contributed by atoms with Crippen molar-refractivity contribution >= 4 is 5.91 Å². The van der Waals surface area contributed by atoms with Crippen molar-refractivity contribution in [3.63, 3.8) is 0 Å². The molecule has 0 aliphatic carbocycles. The minimum absolute atomic E-state index is 0.115. The number of ether oxygens (including phenoxy) is 1. The van der Waals surface area contributed by atoms with Crippen molar-refractivity contribution in [2.45, 2.75) is 32.2 Å². The Hall–Kier alpha value is -1.46. The molecule has 0 saturated carbocycles. The standard InChI is InChI=1S/C19H27N3O2/c23-18(16-4-12-24-14-16)22-11-7-19(15-22)5-9-21(10-6-19)13-17-3-1-2-8-20-17/h1-3,8,16H,4-7,9-15H2/t16-/m0/s1. The summed E-state index contributed by atoms with van der Waals surface area (Å²) in [6.45, 7) is 6.45. The first-order valence-electron chi connectivity index (χ1n) is 9.23. The van der Waals surface area contributed by atoms with E-state index in [2.05, 4.69) is 26.9 Å². The number of hydrogen-bond acceptors (Lipinski definition) is 4. The first kappa shape index (κ1) is 16.0. The topological polar surface area (TPSA) is 45.7 Å². The highest BCUT2D eigenvalue weighted by atomic mass is 16.5. The Kier molecular flexibility index (Phi) is 4.55. The van der Waals surface area contributed by atoms with Gasteiger partial charge in [-0.2, -0.15) is 0 Å². The van der Waals surface area contributed by atoms with Crippen LogP contribution in [0.3, 0.4) is 0 Å². The van der Waals surface area contributed by atoms with Gasteiger partial charge in [0, 0.05) is 32.4 Å². The number of nitrogens with zero attached hydrogens (tertiary/aromatic N) is 3. The average molecular weight is 329 g/mol. The average Bonchev–Trinajstić information content (AvgIpc) is 3.28. The van der Waals surface area contributed by atoms with Gasteiger partial charge in [0.1, 0.15) is 0 Å². The van der Waals surface area contributed by atoms with Crippen molar-refractivity contribution in [3.05, 3.63) is 30.1 Å². The first-order chi connectivity index (χ1) is 11.7. The Morgan fingerprint density at radius 1 is 1.25 bits per heavy atom. The SMILES string of the molecule is O=C([C@H]1CCOC1)N1CCC2(CCN(Cc3ccccn3)CC2)C1. The number of likely N-dealkylation sites (tertiary alicyclic amines) is 2. The number of piperidine rings is 1. The summed E-state index contributed by atoms with van der Waals surface area (Å²) < 4.78 is 5.39. The molecule has 4 heterocycles. The molecule has 4 rings (SSSR count). The summed E-state index contributed by atoms with van der Waals surface area (Å²) in [6.07, 6.45) is 6.34. The molecule has 0 aromatic carbocycles. The largest absolute Gasteiger partial charge is 0.381 e. The van der Waals surface area contributed by atoms with Crippen LogP contribution in [-0.2, 0) is 16.1 Å². The quantitative estimate of drug-likeness (QED) is 0.850. The minimum atomic E-state index is 0.115. The molecule has 130 valence electrons. The van der Waals surface area contributed by atoms with Gasteiger partial charge in [0.05, 0.1) is 18.2 Å². The summed E-state index contributed by atoms with van der Waals surface area (Å²) in [6, 6.07) is 6.12. The summed E-state index contributed by atoms with van der Waals surface area (Å²) >= 11 is 0. The molecule has 0 unspecified atom stereocenters. The molecule has 3 aliphatic rings. The van der Waals surface area contributed by atoms with Crippen molar-refractivity contribution in [1.82, 2.24) is 14.8 Å². The fraction of sp³-hybridized carbons (Fsp3) is 0.684. The second-order valence-corrected chi connectivity index (χ2v) is 7.67. The molecule has 0 bridgehead atoms. The van der Waals surface area contributed by atoms with Gasteiger partial charge in [-0.25, -0.2) is 0 Å². The van der Waals surface area contributed by atoms with Crippen LogP contribution in [-0.4, -0.2) is 60.1 Å². The van der Waals surface area contributed by atoms with Crippen LogP contribution in [0.2, 0.25) is 0 Å². The van der Waals surface area contributed by atoms with Crippen molar-refractivity contribution in [2.75, 3.05) is 39.4 Å². The van der Waals surface area contributed by atoms with Crippen molar-refractivity contribution in [2.24, 2.45) is 11.3 Å². The van der Waals surface area contributed by atoms with Gasteiger partial charge in [0.2, 0.25) is 5.91 Å². The number of hydrogen-bond donors (Lipinski definition) is 0. The maximum Gasteiger partial charge on any atom is 0.228 e. The van der Waals surface area contributed by atoms with E-state index in [4.69, 9.17) is 4.74 Å². The molecule has 1 atom stereocenters. The predicted molar refractivity (Wildman–Crippen MR) is 91.3 cm³/mol. The van der Waals surface area contributed by atoms with E-state index in [1.165, 1.54) is 19.3 Å². The van der Waals surface area contributed by atoms with Crippen molar-refractivity contribution < 1.29 is 9.53 Å². The van der Waals surface area contributed by atoms with Gasteiger partial charge in [-0.05, 0) is 56.3 Å². The Morgan fingerprint density at radius 2 is 2.08 bits per heavy atom. The van der Waals surface area contributed by atoms with Crippen LogP contribution < -0.4 is 0 Å². The van der Waals surface area contributed by atoms with E-state index >= 15 is 0 Å². The highest BCUT2D eigenvalue weighted by Crippen LogP contribution is 2.41. The second kappa shape index (κ2) is 6.81. The molecular weight excluding hydrogens is 302 g/mol. The lowest BCUT2D eigenvalue weighted by Gasteiger charge is -2.39. The Labute approximate surface area is 144 Å². The lowest BCUT2D eigenvalue weighted by Crippen LogP contribution is -2.42. The molecule has 1 amide bonds. The molecular formula is C19H27N3O2. The summed E-state index contributed by atoms with van der Waals surface area (Å²) in [4.78, 5) is 21.7. The van der Waals surface area contributed by atoms with E-state index in [9.17, 15) is 4.79 Å². The van der Waals surface area contributed by atoms with Crippen LogP contribution in [0.25, 0.3) is 0 Å². The third kappa shape index (κ3) is 3.33. The zero-order valence-electron chi connectivity index (χ0n) is 14.3. The van der Waals surface area contributed by atoms with E-state index in [-0.39, 0.29) is 5.92 Å². The molecule has 0 radical (unpaired) electrons. The summed E-state index contributed by atoms with van der Waals surface area (Å²) in [5.74, 6) is 0.449. The zero-order valence-corrected chi connectivity index (χ0v) is 14.3. The van der Waals surface area contributed by atoms with Crippen molar-refractivity contribution in [3.8, 4) is 0 Å². The van der Waals surface area contributed by atoms with Crippen LogP contribution in [0.4, 0.5) is 0 Å². The first-order valence-corrected chi connectivity index (χ1v) is 9.23. The molecule has 5 nitrogen and oxygen atoms in total. The monoisotopic (exact) mass is 329 g/mol. The highest BCUT2D eigenvalue weighted by molar-refractivity contribution is 5.79. The lowest BCUT2D eigenvalue weighted by atomic mass is 9.77. The minimum Gasteiger partial charge on any atom is -0.381 e. The maximum absolute atomic E-state index is 12.6. The zero-order chi connectivity index (χ0) is 16.4. The Bertz CT molecular complexity index is 563. The number of carbonyl (C=O) groups is 1. The van der Waals surface area contributed by atoms with E-state index in [0.29, 0.717) is 17.9 Å². The normalized spacial score (nSPS) is 27.0. The molecule has 0 N–H and O–H groups in total. The van der Waals surface area contributed by atoms with E-state index in [1.54, 1.807) is 0 Å². The molecule has 3 fully saturated rings. The van der Waals surface area contributed by atoms with Gasteiger partial charge < -0.3 is 9.64 Å². The second-order valence-electron chi connectivity index (χ2n) is 7.67. The van der Waals surface area contributed by atoms with E-state index in [0.717, 1.165) is 51.4 Å². The number of rotatable bonds is 3. The van der Waals surface area contributed by atoms with Gasteiger partial charge in [0.25, 0.3) is 0 Å². The third-order valence-corrected chi connectivity index (χ3v) is 6.06. The smallest absolute Gasteiger partial charge is 0.228 e.